The van der Waals surface area contributed by atoms with Crippen LogP contribution in [-0.2, 0) is 4.79 Å². The van der Waals surface area contributed by atoms with Crippen LogP contribution in [-0.4, -0.2) is 28.5 Å². The zero-order chi connectivity index (χ0) is 20.1. The van der Waals surface area contributed by atoms with E-state index in [4.69, 9.17) is 27.9 Å². The van der Waals surface area contributed by atoms with Crippen LogP contribution in [0.5, 0.6) is 5.75 Å². The number of carbonyl (C=O) groups is 1. The number of benzene rings is 2. The van der Waals surface area contributed by atoms with Crippen LogP contribution < -0.4 is 15.7 Å². The van der Waals surface area contributed by atoms with Crippen LogP contribution in [0.2, 0.25) is 10.0 Å². The van der Waals surface area contributed by atoms with E-state index in [1.807, 2.05) is 18.2 Å². The average Bonchev–Trinajstić information content (AvgIpc) is 2.96. The second-order valence-corrected chi connectivity index (χ2v) is 6.63. The van der Waals surface area contributed by atoms with Gasteiger partial charge in [0.15, 0.2) is 6.61 Å². The molecular weight excluding hydrogens is 403 g/mol. The van der Waals surface area contributed by atoms with Crippen LogP contribution in [0.1, 0.15) is 11.3 Å². The van der Waals surface area contributed by atoms with Crippen molar-refractivity contribution in [2.45, 2.75) is 6.92 Å². The molecule has 0 radical (unpaired) electrons. The maximum absolute atomic E-state index is 12.5. The number of amides is 1. The van der Waals surface area contributed by atoms with Gasteiger partial charge >= 0.3 is 0 Å². The molecule has 0 aliphatic rings. The van der Waals surface area contributed by atoms with E-state index in [9.17, 15) is 9.59 Å². The van der Waals surface area contributed by atoms with Crippen LogP contribution >= 0.6 is 23.2 Å². The zero-order valence-electron chi connectivity index (χ0n) is 14.8. The number of aryl methyl sites for hydroxylation is 1. The lowest BCUT2D eigenvalue weighted by Gasteiger charge is -2.06. The number of nitrogens with one attached hydrogen (secondary N) is 2. The number of halogens is 2. The van der Waals surface area contributed by atoms with Crippen molar-refractivity contribution in [1.29, 1.82) is 0 Å². The van der Waals surface area contributed by atoms with E-state index in [1.165, 1.54) is 17.0 Å². The van der Waals surface area contributed by atoms with Crippen molar-refractivity contribution in [2.75, 3.05) is 6.61 Å². The first-order chi connectivity index (χ1) is 13.5. The van der Waals surface area contributed by atoms with Crippen LogP contribution in [0, 0.1) is 6.92 Å². The molecule has 2 N–H and O–H groups in total. The van der Waals surface area contributed by atoms with Gasteiger partial charge in [-0.15, -0.1) is 0 Å². The van der Waals surface area contributed by atoms with E-state index in [0.29, 0.717) is 32.7 Å². The highest BCUT2D eigenvalue weighted by Crippen LogP contribution is 2.27. The summed E-state index contributed by atoms with van der Waals surface area (Å²) < 4.78 is 6.72. The highest BCUT2D eigenvalue weighted by Gasteiger charge is 2.11. The summed E-state index contributed by atoms with van der Waals surface area (Å²) in [6.45, 7) is 1.45. The fourth-order valence-electron chi connectivity index (χ4n) is 2.41. The van der Waals surface area contributed by atoms with Gasteiger partial charge in [0, 0.05) is 10.7 Å². The first kappa shape index (κ1) is 19.7. The van der Waals surface area contributed by atoms with Crippen molar-refractivity contribution in [1.82, 2.24) is 15.2 Å². The lowest BCUT2D eigenvalue weighted by Crippen LogP contribution is -2.25. The van der Waals surface area contributed by atoms with Crippen LogP contribution in [0.3, 0.4) is 0 Å². The first-order valence-corrected chi connectivity index (χ1v) is 8.98. The maximum Gasteiger partial charge on any atom is 0.280 e. The van der Waals surface area contributed by atoms with Crippen molar-refractivity contribution >= 4 is 35.3 Å². The van der Waals surface area contributed by atoms with E-state index < -0.39 is 5.91 Å². The number of aromatic amines is 1. The Morgan fingerprint density at radius 3 is 2.71 bits per heavy atom. The number of ether oxygens (including phenoxy) is 1. The lowest BCUT2D eigenvalue weighted by molar-refractivity contribution is -0.123. The van der Waals surface area contributed by atoms with Gasteiger partial charge in [0.2, 0.25) is 0 Å². The van der Waals surface area contributed by atoms with E-state index in [0.717, 1.165) is 0 Å². The molecule has 1 heterocycles. The van der Waals surface area contributed by atoms with Gasteiger partial charge in [-0.2, -0.15) is 5.10 Å². The molecule has 0 aliphatic carbocycles. The molecule has 0 spiro atoms. The second kappa shape index (κ2) is 8.77. The van der Waals surface area contributed by atoms with Crippen molar-refractivity contribution < 1.29 is 9.53 Å². The van der Waals surface area contributed by atoms with Gasteiger partial charge in [-0.25, -0.2) is 10.1 Å². The van der Waals surface area contributed by atoms with Gasteiger partial charge in [0.1, 0.15) is 5.75 Å². The molecule has 0 saturated carbocycles. The molecule has 0 unspecified atom stereocenters. The Balaban J connectivity index is 1.62. The van der Waals surface area contributed by atoms with Crippen LogP contribution in [0.4, 0.5) is 0 Å². The number of hydrogen-bond acceptors (Lipinski definition) is 4. The fraction of sp³-hybridized carbons (Fsp3) is 0.105. The molecule has 0 atom stereocenters. The number of hydrazone groups is 1. The highest BCUT2D eigenvalue weighted by molar-refractivity contribution is 6.35. The van der Waals surface area contributed by atoms with Crippen molar-refractivity contribution in [3.05, 3.63) is 80.2 Å². The molecule has 9 heteroatoms. The van der Waals surface area contributed by atoms with Gasteiger partial charge in [-0.05, 0) is 37.3 Å². The standard InChI is InChI=1S/C19H16Cl2N4O3/c1-12-15(19(27)25(24-12)14-5-3-2-4-6-14)10-22-23-18(26)11-28-17-8-7-13(20)9-16(17)21/h2-10,24H,11H2,1H3,(H,23,26)/b22-10+. The molecular formula is C19H16Cl2N4O3. The fourth-order valence-corrected chi connectivity index (χ4v) is 2.87. The Morgan fingerprint density at radius 1 is 1.25 bits per heavy atom. The van der Waals surface area contributed by atoms with Gasteiger partial charge in [0.25, 0.3) is 11.5 Å². The molecule has 3 rings (SSSR count). The zero-order valence-corrected chi connectivity index (χ0v) is 16.3. The van der Waals surface area contributed by atoms with E-state index in [2.05, 4.69) is 15.6 Å². The van der Waals surface area contributed by atoms with Gasteiger partial charge in [0.05, 0.1) is 22.5 Å². The number of para-hydroxylation sites is 1. The SMILES string of the molecule is Cc1[nH]n(-c2ccccc2)c(=O)c1/C=N/NC(=O)COc1ccc(Cl)cc1Cl. The molecule has 0 aliphatic heterocycles. The predicted molar refractivity (Wildman–Crippen MR) is 109 cm³/mol. The third kappa shape index (κ3) is 4.62. The van der Waals surface area contributed by atoms with Gasteiger partial charge in [-0.1, -0.05) is 41.4 Å². The Labute approximate surface area is 170 Å². The molecule has 3 aromatic rings. The number of aromatic nitrogens is 2. The number of H-pyrrole nitrogens is 1. The Hall–Kier alpha value is -3.03. The van der Waals surface area contributed by atoms with Crippen molar-refractivity contribution in [3.63, 3.8) is 0 Å². The van der Waals surface area contributed by atoms with Crippen molar-refractivity contribution in [2.24, 2.45) is 5.10 Å². The maximum atomic E-state index is 12.5. The summed E-state index contributed by atoms with van der Waals surface area (Å²) in [5.41, 5.74) is 3.70. The molecule has 1 amide bonds. The number of rotatable bonds is 6. The summed E-state index contributed by atoms with van der Waals surface area (Å²) in [5.74, 6) is -0.170. The summed E-state index contributed by atoms with van der Waals surface area (Å²) in [6.07, 6.45) is 1.29. The third-order valence-corrected chi connectivity index (χ3v) is 4.30. The Bertz CT molecular complexity index is 1070. The van der Waals surface area contributed by atoms with Crippen molar-refractivity contribution in [3.8, 4) is 11.4 Å². The second-order valence-electron chi connectivity index (χ2n) is 5.78. The minimum Gasteiger partial charge on any atom is -0.482 e. The smallest absolute Gasteiger partial charge is 0.280 e. The Kier molecular flexibility index (Phi) is 6.18. The summed E-state index contributed by atoms with van der Waals surface area (Å²) >= 11 is 11.8. The highest BCUT2D eigenvalue weighted by atomic mass is 35.5. The number of carbonyl (C=O) groups excluding carboxylic acids is 1. The normalized spacial score (nSPS) is 11.0. The predicted octanol–water partition coefficient (Wildman–Crippen LogP) is 3.31. The molecule has 144 valence electrons. The molecule has 1 aromatic heterocycles. The Morgan fingerprint density at radius 2 is 2.00 bits per heavy atom. The molecule has 0 fully saturated rings. The molecule has 0 bridgehead atoms. The van der Waals surface area contributed by atoms with E-state index >= 15 is 0 Å². The van der Waals surface area contributed by atoms with Gasteiger partial charge in [-0.3, -0.25) is 14.7 Å². The molecule has 0 saturated heterocycles. The monoisotopic (exact) mass is 418 g/mol. The average molecular weight is 419 g/mol. The van der Waals surface area contributed by atoms with Crippen LogP contribution in [0.25, 0.3) is 5.69 Å². The largest absolute Gasteiger partial charge is 0.482 e. The van der Waals surface area contributed by atoms with Crippen LogP contribution in [0.15, 0.2) is 58.4 Å². The molecule has 2 aromatic carbocycles. The third-order valence-electron chi connectivity index (χ3n) is 3.77. The number of nitrogens with zero attached hydrogens (tertiary/aromatic N) is 2. The lowest BCUT2D eigenvalue weighted by atomic mass is 10.3. The minimum absolute atomic E-state index is 0.272. The summed E-state index contributed by atoms with van der Waals surface area (Å²) in [7, 11) is 0. The van der Waals surface area contributed by atoms with E-state index in [-0.39, 0.29) is 12.2 Å². The van der Waals surface area contributed by atoms with Gasteiger partial charge < -0.3 is 4.74 Å². The summed E-state index contributed by atoms with van der Waals surface area (Å²) in [6, 6.07) is 13.8. The minimum atomic E-state index is -0.501. The topological polar surface area (TPSA) is 88.5 Å². The summed E-state index contributed by atoms with van der Waals surface area (Å²) in [4.78, 5) is 24.4. The number of hydrogen-bond donors (Lipinski definition) is 2. The molecule has 7 nitrogen and oxygen atoms in total. The molecule has 28 heavy (non-hydrogen) atoms. The first-order valence-electron chi connectivity index (χ1n) is 8.22. The van der Waals surface area contributed by atoms with E-state index in [1.54, 1.807) is 31.2 Å². The summed E-state index contributed by atoms with van der Waals surface area (Å²) in [5, 5.41) is 7.57. The quantitative estimate of drug-likeness (QED) is 0.475.